The van der Waals surface area contributed by atoms with Crippen LogP contribution in [-0.2, 0) is 20.0 Å². The first kappa shape index (κ1) is 14.5. The summed E-state index contributed by atoms with van der Waals surface area (Å²) in [5, 5.41) is 18.5. The number of nitrogens with one attached hydrogen (secondary N) is 1. The van der Waals surface area contributed by atoms with Crippen LogP contribution < -0.4 is 5.32 Å². The van der Waals surface area contributed by atoms with E-state index in [9.17, 15) is 10.1 Å². The van der Waals surface area contributed by atoms with E-state index >= 15 is 0 Å². The van der Waals surface area contributed by atoms with Gasteiger partial charge in [-0.15, -0.1) is 0 Å². The Hall–Kier alpha value is -1.89. The second kappa shape index (κ2) is 6.04. The van der Waals surface area contributed by atoms with Gasteiger partial charge in [-0.3, -0.25) is 10.1 Å². The number of halogens is 1. The van der Waals surface area contributed by atoms with Gasteiger partial charge in [0.15, 0.2) is 0 Å². The average Bonchev–Trinajstić information content (AvgIpc) is 2.74. The predicted octanol–water partition coefficient (Wildman–Crippen LogP) is 3.27. The summed E-state index contributed by atoms with van der Waals surface area (Å²) in [5.74, 6) is 0.433. The molecule has 0 amide bonds. The number of aryl methyl sites for hydroxylation is 2. The summed E-state index contributed by atoms with van der Waals surface area (Å²) in [6.07, 6.45) is 0.529. The summed E-state index contributed by atoms with van der Waals surface area (Å²) < 4.78 is 2.49. The normalized spacial score (nSPS) is 10.6. The fourth-order valence-corrected chi connectivity index (χ4v) is 2.44. The van der Waals surface area contributed by atoms with E-state index in [0.29, 0.717) is 24.5 Å². The maximum atomic E-state index is 11.2. The first-order valence-electron chi connectivity index (χ1n) is 6.22. The Labute approximate surface area is 125 Å². The van der Waals surface area contributed by atoms with Crippen molar-refractivity contribution >= 4 is 27.4 Å². The van der Waals surface area contributed by atoms with Gasteiger partial charge in [0.25, 0.3) is 0 Å². The fourth-order valence-electron chi connectivity index (χ4n) is 2.02. The van der Waals surface area contributed by atoms with Crippen molar-refractivity contribution in [1.29, 1.82) is 0 Å². The van der Waals surface area contributed by atoms with Gasteiger partial charge in [-0.1, -0.05) is 41.1 Å². The molecule has 7 heteroatoms. The number of nitro groups is 1. The van der Waals surface area contributed by atoms with Crippen LogP contribution in [0.1, 0.15) is 18.2 Å². The van der Waals surface area contributed by atoms with Crippen LogP contribution in [0.4, 0.5) is 11.5 Å². The van der Waals surface area contributed by atoms with E-state index in [1.807, 2.05) is 31.2 Å². The zero-order valence-electron chi connectivity index (χ0n) is 11.3. The highest BCUT2D eigenvalue weighted by Gasteiger charge is 2.25. The van der Waals surface area contributed by atoms with Crippen LogP contribution in [0.25, 0.3) is 0 Å². The third-order valence-electron chi connectivity index (χ3n) is 3.01. The highest BCUT2D eigenvalue weighted by molar-refractivity contribution is 9.10. The Balaban J connectivity index is 2.28. The van der Waals surface area contributed by atoms with Crippen molar-refractivity contribution in [2.45, 2.75) is 19.9 Å². The molecule has 0 aliphatic rings. The van der Waals surface area contributed by atoms with Crippen LogP contribution in [0.15, 0.2) is 28.7 Å². The molecule has 106 valence electrons. The quantitative estimate of drug-likeness (QED) is 0.670. The molecule has 1 N–H and O–H groups in total. The second-order valence-corrected chi connectivity index (χ2v) is 5.18. The van der Waals surface area contributed by atoms with Crippen LogP contribution in [0.3, 0.4) is 0 Å². The van der Waals surface area contributed by atoms with E-state index in [1.165, 1.54) is 4.68 Å². The van der Waals surface area contributed by atoms with Crippen LogP contribution >= 0.6 is 15.9 Å². The lowest BCUT2D eigenvalue weighted by Crippen LogP contribution is -2.06. The summed E-state index contributed by atoms with van der Waals surface area (Å²) in [5.41, 5.74) is 1.58. The molecule has 0 fully saturated rings. The molecule has 0 unspecified atom stereocenters. The minimum Gasteiger partial charge on any atom is -0.360 e. The molecule has 0 bridgehead atoms. The third kappa shape index (κ3) is 2.82. The standard InChI is InChI=1S/C13H15BrN4O2/c1-3-11-12(18(19)20)13(17(2)16-11)15-8-9-6-4-5-7-10(9)14/h4-7,15H,3,8H2,1-2H3. The highest BCUT2D eigenvalue weighted by Crippen LogP contribution is 2.29. The van der Waals surface area contributed by atoms with E-state index in [4.69, 9.17) is 0 Å². The van der Waals surface area contributed by atoms with Crippen molar-refractivity contribution in [2.24, 2.45) is 7.05 Å². The SMILES string of the molecule is CCc1nn(C)c(NCc2ccccc2Br)c1[N+](=O)[O-]. The van der Waals surface area contributed by atoms with E-state index in [2.05, 4.69) is 26.3 Å². The van der Waals surface area contributed by atoms with Crippen molar-refractivity contribution < 1.29 is 4.92 Å². The molecule has 0 saturated heterocycles. The lowest BCUT2D eigenvalue weighted by Gasteiger charge is -2.07. The van der Waals surface area contributed by atoms with Gasteiger partial charge in [0, 0.05) is 18.1 Å². The molecule has 0 spiro atoms. The van der Waals surface area contributed by atoms with Crippen LogP contribution in [-0.4, -0.2) is 14.7 Å². The highest BCUT2D eigenvalue weighted by atomic mass is 79.9. The molecule has 0 saturated carbocycles. The van der Waals surface area contributed by atoms with E-state index < -0.39 is 0 Å². The first-order valence-corrected chi connectivity index (χ1v) is 7.01. The van der Waals surface area contributed by atoms with Gasteiger partial charge >= 0.3 is 5.69 Å². The molecular weight excluding hydrogens is 324 g/mol. The second-order valence-electron chi connectivity index (χ2n) is 4.32. The van der Waals surface area contributed by atoms with E-state index in [0.717, 1.165) is 10.0 Å². The Bertz CT molecular complexity index is 639. The molecule has 1 aromatic heterocycles. The van der Waals surface area contributed by atoms with Crippen molar-refractivity contribution in [1.82, 2.24) is 9.78 Å². The molecule has 1 aromatic carbocycles. The number of aromatic nitrogens is 2. The number of anilines is 1. The summed E-state index contributed by atoms with van der Waals surface area (Å²) in [6, 6.07) is 7.75. The van der Waals surface area contributed by atoms with E-state index in [1.54, 1.807) is 7.05 Å². The zero-order valence-corrected chi connectivity index (χ0v) is 12.8. The van der Waals surface area contributed by atoms with Gasteiger partial charge in [-0.05, 0) is 18.1 Å². The molecule has 2 rings (SSSR count). The monoisotopic (exact) mass is 338 g/mol. The average molecular weight is 339 g/mol. The van der Waals surface area contributed by atoms with Crippen molar-refractivity contribution in [2.75, 3.05) is 5.32 Å². The minimum atomic E-state index is -0.381. The maximum absolute atomic E-state index is 11.2. The number of rotatable bonds is 5. The third-order valence-corrected chi connectivity index (χ3v) is 3.79. The Morgan fingerprint density at radius 1 is 1.45 bits per heavy atom. The largest absolute Gasteiger partial charge is 0.360 e. The molecule has 20 heavy (non-hydrogen) atoms. The predicted molar refractivity (Wildman–Crippen MR) is 80.7 cm³/mol. The van der Waals surface area contributed by atoms with Crippen molar-refractivity contribution in [3.05, 3.63) is 50.1 Å². The topological polar surface area (TPSA) is 73.0 Å². The number of hydrogen-bond donors (Lipinski definition) is 1. The van der Waals surface area contributed by atoms with Crippen LogP contribution in [0.5, 0.6) is 0 Å². The van der Waals surface area contributed by atoms with Gasteiger partial charge in [-0.2, -0.15) is 5.10 Å². The smallest absolute Gasteiger partial charge is 0.333 e. The summed E-state index contributed by atoms with van der Waals surface area (Å²) in [4.78, 5) is 10.8. The van der Waals surface area contributed by atoms with E-state index in [-0.39, 0.29) is 10.6 Å². The molecule has 0 radical (unpaired) electrons. The van der Waals surface area contributed by atoms with Gasteiger partial charge in [0.2, 0.25) is 5.82 Å². The molecule has 0 atom stereocenters. The Morgan fingerprint density at radius 3 is 2.75 bits per heavy atom. The molecule has 0 aliphatic heterocycles. The van der Waals surface area contributed by atoms with Crippen LogP contribution in [0.2, 0.25) is 0 Å². The fraction of sp³-hybridized carbons (Fsp3) is 0.308. The lowest BCUT2D eigenvalue weighted by molar-refractivity contribution is -0.384. The van der Waals surface area contributed by atoms with Gasteiger partial charge < -0.3 is 5.32 Å². The van der Waals surface area contributed by atoms with Gasteiger partial charge in [-0.25, -0.2) is 4.68 Å². The molecule has 2 aromatic rings. The summed E-state index contributed by atoms with van der Waals surface area (Å²) >= 11 is 3.46. The van der Waals surface area contributed by atoms with Crippen molar-refractivity contribution in [3.63, 3.8) is 0 Å². The molecule has 0 aliphatic carbocycles. The molecular formula is C13H15BrN4O2. The molecule has 6 nitrogen and oxygen atoms in total. The Morgan fingerprint density at radius 2 is 2.15 bits per heavy atom. The minimum absolute atomic E-state index is 0.0575. The Kier molecular flexibility index (Phi) is 4.39. The number of benzene rings is 1. The first-order chi connectivity index (χ1) is 9.54. The lowest BCUT2D eigenvalue weighted by atomic mass is 10.2. The zero-order chi connectivity index (χ0) is 14.7. The molecule has 1 heterocycles. The summed E-state index contributed by atoms with van der Waals surface area (Å²) in [6.45, 7) is 2.35. The summed E-state index contributed by atoms with van der Waals surface area (Å²) in [7, 11) is 1.70. The van der Waals surface area contributed by atoms with Crippen LogP contribution in [0, 0.1) is 10.1 Å². The van der Waals surface area contributed by atoms with Crippen molar-refractivity contribution in [3.8, 4) is 0 Å². The number of nitrogens with zero attached hydrogens (tertiary/aromatic N) is 3. The maximum Gasteiger partial charge on any atom is 0.333 e. The number of hydrogen-bond acceptors (Lipinski definition) is 4. The van der Waals surface area contributed by atoms with Gasteiger partial charge in [0.05, 0.1) is 4.92 Å². The van der Waals surface area contributed by atoms with Gasteiger partial charge in [0.1, 0.15) is 5.69 Å².